The number of hydrogen-bond donors (Lipinski definition) is 1. The van der Waals surface area contributed by atoms with Crippen LogP contribution in [0, 0.1) is 5.92 Å². The van der Waals surface area contributed by atoms with E-state index in [1.807, 2.05) is 30.5 Å². The molecule has 0 atom stereocenters. The van der Waals surface area contributed by atoms with Gasteiger partial charge in [-0.2, -0.15) is 0 Å². The lowest BCUT2D eigenvalue weighted by Gasteiger charge is -2.13. The van der Waals surface area contributed by atoms with Crippen molar-refractivity contribution in [2.75, 3.05) is 5.32 Å². The van der Waals surface area contributed by atoms with E-state index in [1.165, 1.54) is 24.0 Å². The van der Waals surface area contributed by atoms with E-state index in [9.17, 15) is 4.79 Å². The molecule has 4 heteroatoms. The second-order valence-corrected chi connectivity index (χ2v) is 7.82. The van der Waals surface area contributed by atoms with Gasteiger partial charge in [-0.25, -0.2) is 4.98 Å². The topological polar surface area (TPSA) is 54.4 Å². The van der Waals surface area contributed by atoms with Crippen molar-refractivity contribution in [1.29, 1.82) is 0 Å². The second-order valence-electron chi connectivity index (χ2n) is 7.82. The zero-order chi connectivity index (χ0) is 18.9. The lowest BCUT2D eigenvalue weighted by atomic mass is 9.95. The van der Waals surface area contributed by atoms with Gasteiger partial charge in [-0.15, -0.1) is 0 Å². The summed E-state index contributed by atoms with van der Waals surface area (Å²) in [6.07, 6.45) is 6.86. The summed E-state index contributed by atoms with van der Waals surface area (Å²) >= 11 is 0. The number of nitrogens with zero attached hydrogens (tertiary/aromatic N) is 2. The molecule has 1 aliphatic heterocycles. The van der Waals surface area contributed by atoms with Gasteiger partial charge in [0.25, 0.3) is 0 Å². The van der Waals surface area contributed by atoms with Crippen molar-refractivity contribution in [2.24, 2.45) is 10.9 Å². The highest BCUT2D eigenvalue weighted by Gasteiger charge is 2.23. The molecule has 3 aromatic rings. The van der Waals surface area contributed by atoms with Gasteiger partial charge < -0.3 is 5.32 Å². The Kier molecular flexibility index (Phi) is 4.40. The van der Waals surface area contributed by atoms with Gasteiger partial charge in [0.1, 0.15) is 11.6 Å². The minimum Gasteiger partial charge on any atom is -0.340 e. The summed E-state index contributed by atoms with van der Waals surface area (Å²) in [7, 11) is 0. The van der Waals surface area contributed by atoms with E-state index in [1.54, 1.807) is 0 Å². The van der Waals surface area contributed by atoms with Crippen LogP contribution in [-0.4, -0.2) is 17.0 Å². The summed E-state index contributed by atoms with van der Waals surface area (Å²) in [5.41, 5.74) is 5.39. The predicted octanol–water partition coefficient (Wildman–Crippen LogP) is 5.21. The Hall–Kier alpha value is -3.01. The maximum atomic E-state index is 12.8. The van der Waals surface area contributed by atoms with Crippen LogP contribution in [0.1, 0.15) is 42.4 Å². The summed E-state index contributed by atoms with van der Waals surface area (Å²) in [6, 6.07) is 16.4. The number of nitrogens with one attached hydrogen (secondary N) is 1. The average Bonchev–Trinajstić information content (AvgIpc) is 3.39. The summed E-state index contributed by atoms with van der Waals surface area (Å²) in [6.45, 7) is 0.733. The zero-order valence-corrected chi connectivity index (χ0v) is 15.8. The summed E-state index contributed by atoms with van der Waals surface area (Å²) in [4.78, 5) is 21.9. The molecule has 1 aromatic heterocycles. The van der Waals surface area contributed by atoms with E-state index in [0.717, 1.165) is 47.4 Å². The Labute approximate surface area is 164 Å². The van der Waals surface area contributed by atoms with Crippen molar-refractivity contribution in [3.05, 3.63) is 65.2 Å². The molecule has 0 unspecified atom stereocenters. The van der Waals surface area contributed by atoms with Gasteiger partial charge >= 0.3 is 0 Å². The number of fused-ring (bicyclic) bond motifs is 2. The summed E-state index contributed by atoms with van der Waals surface area (Å²) in [5, 5.41) is 4.50. The molecule has 0 radical (unpaired) electrons. The molecule has 28 heavy (non-hydrogen) atoms. The molecule has 1 fully saturated rings. The molecular formula is C24H23N3O. The molecule has 2 aromatic carbocycles. The Morgan fingerprint density at radius 2 is 1.93 bits per heavy atom. The third kappa shape index (κ3) is 3.31. The highest BCUT2D eigenvalue weighted by molar-refractivity contribution is 5.91. The fraction of sp³-hybridized carbons (Fsp3) is 0.292. The quantitative estimate of drug-likeness (QED) is 0.671. The first kappa shape index (κ1) is 17.1. The van der Waals surface area contributed by atoms with Crippen molar-refractivity contribution in [3.8, 4) is 0 Å². The number of rotatable bonds is 5. The molecule has 1 N–H and O–H groups in total. The number of carbonyl (C=O) groups excluding carboxylic acids is 1. The van der Waals surface area contributed by atoms with Gasteiger partial charge in [0.15, 0.2) is 0 Å². The van der Waals surface area contributed by atoms with Crippen molar-refractivity contribution < 1.29 is 4.79 Å². The van der Waals surface area contributed by atoms with Crippen LogP contribution in [0.25, 0.3) is 10.9 Å². The number of Topliss-reactive ketones (excluding diaryl/α,β-unsaturated/α-hetero) is 1. The number of pyridine rings is 1. The van der Waals surface area contributed by atoms with Crippen LogP contribution in [0.2, 0.25) is 0 Å². The fourth-order valence-corrected chi connectivity index (χ4v) is 4.37. The molecule has 5 rings (SSSR count). The molecule has 2 heterocycles. The van der Waals surface area contributed by atoms with E-state index in [-0.39, 0.29) is 5.92 Å². The van der Waals surface area contributed by atoms with E-state index in [4.69, 9.17) is 4.98 Å². The predicted molar refractivity (Wildman–Crippen MR) is 113 cm³/mol. The monoisotopic (exact) mass is 369 g/mol. The number of benzene rings is 2. The van der Waals surface area contributed by atoms with E-state index in [2.05, 4.69) is 34.6 Å². The van der Waals surface area contributed by atoms with Gasteiger partial charge in [-0.3, -0.25) is 9.79 Å². The van der Waals surface area contributed by atoms with Crippen LogP contribution in [0.15, 0.2) is 53.5 Å². The Bertz CT molecular complexity index is 1080. The zero-order valence-electron chi connectivity index (χ0n) is 15.8. The number of hydrogen-bond acceptors (Lipinski definition) is 4. The van der Waals surface area contributed by atoms with Crippen molar-refractivity contribution >= 4 is 34.4 Å². The molecule has 0 amide bonds. The molecule has 4 nitrogen and oxygen atoms in total. The van der Waals surface area contributed by atoms with Crippen LogP contribution in [0.5, 0.6) is 0 Å². The normalized spacial score (nSPS) is 15.9. The maximum absolute atomic E-state index is 12.8. The molecule has 140 valence electrons. The van der Waals surface area contributed by atoms with Gasteiger partial charge in [0.2, 0.25) is 0 Å². The molecule has 0 bridgehead atoms. The minimum absolute atomic E-state index is 0.236. The number of para-hydroxylation sites is 1. The molecule has 0 saturated heterocycles. The standard InChI is InChI=1S/C24H23N3O/c28-23(16-5-1-2-6-16)12-18-13-24(27-22-8-4-3-7-21(18)22)26-20-10-9-17-14-25-15-19(17)11-20/h3-4,7-11,13-14,16H,1-2,5-6,12,15H2,(H,26,27). The van der Waals surface area contributed by atoms with Crippen molar-refractivity contribution in [2.45, 2.75) is 38.6 Å². The number of aromatic nitrogens is 1. The second kappa shape index (κ2) is 7.19. The van der Waals surface area contributed by atoms with Crippen LogP contribution >= 0.6 is 0 Å². The van der Waals surface area contributed by atoms with Gasteiger partial charge in [-0.1, -0.05) is 37.1 Å². The highest BCUT2D eigenvalue weighted by atomic mass is 16.1. The largest absolute Gasteiger partial charge is 0.340 e. The van der Waals surface area contributed by atoms with Crippen LogP contribution in [0.3, 0.4) is 0 Å². The molecular weight excluding hydrogens is 346 g/mol. The molecule has 1 aliphatic carbocycles. The lowest BCUT2D eigenvalue weighted by Crippen LogP contribution is -2.14. The maximum Gasteiger partial charge on any atom is 0.140 e. The molecule has 2 aliphatic rings. The van der Waals surface area contributed by atoms with Gasteiger partial charge in [0, 0.05) is 29.6 Å². The summed E-state index contributed by atoms with van der Waals surface area (Å²) in [5.74, 6) is 1.39. The Morgan fingerprint density at radius 3 is 2.82 bits per heavy atom. The first-order valence-electron chi connectivity index (χ1n) is 10.1. The highest BCUT2D eigenvalue weighted by Crippen LogP contribution is 2.29. The van der Waals surface area contributed by atoms with Gasteiger partial charge in [-0.05, 0) is 53.8 Å². The van der Waals surface area contributed by atoms with Crippen LogP contribution in [-0.2, 0) is 17.8 Å². The van der Waals surface area contributed by atoms with E-state index in [0.29, 0.717) is 12.2 Å². The fourth-order valence-electron chi connectivity index (χ4n) is 4.37. The van der Waals surface area contributed by atoms with Crippen LogP contribution < -0.4 is 5.32 Å². The number of carbonyl (C=O) groups is 1. The number of aliphatic imine (C=N–C) groups is 1. The van der Waals surface area contributed by atoms with Gasteiger partial charge in [0.05, 0.1) is 12.1 Å². The van der Waals surface area contributed by atoms with Crippen molar-refractivity contribution in [1.82, 2.24) is 4.98 Å². The van der Waals surface area contributed by atoms with Crippen LogP contribution in [0.4, 0.5) is 11.5 Å². The first-order chi connectivity index (χ1) is 13.8. The SMILES string of the molecule is O=C(Cc1cc(Nc2ccc3c(c2)CN=C3)nc2ccccc12)C1CCCC1. The minimum atomic E-state index is 0.236. The molecule has 0 spiro atoms. The smallest absolute Gasteiger partial charge is 0.140 e. The van der Waals surface area contributed by atoms with Crippen molar-refractivity contribution in [3.63, 3.8) is 0 Å². The Morgan fingerprint density at radius 1 is 1.07 bits per heavy atom. The van der Waals surface area contributed by atoms with E-state index < -0.39 is 0 Å². The summed E-state index contributed by atoms with van der Waals surface area (Å²) < 4.78 is 0. The lowest BCUT2D eigenvalue weighted by molar-refractivity contribution is -0.122. The Balaban J connectivity index is 1.46. The average molecular weight is 369 g/mol. The molecule has 1 saturated carbocycles. The first-order valence-corrected chi connectivity index (χ1v) is 10.1. The third-order valence-electron chi connectivity index (χ3n) is 5.88. The third-order valence-corrected chi connectivity index (χ3v) is 5.88. The van der Waals surface area contributed by atoms with E-state index >= 15 is 0 Å². The number of anilines is 2. The number of ketones is 1.